The molecule has 1 amide bonds. The van der Waals surface area contributed by atoms with Gasteiger partial charge in [0.1, 0.15) is 0 Å². The molecule has 1 aliphatic heterocycles. The number of carbonyl (C=O) groups is 1. The third-order valence-corrected chi connectivity index (χ3v) is 9.22. The molecule has 41 heavy (non-hydrogen) atoms. The van der Waals surface area contributed by atoms with Gasteiger partial charge in [-0.1, -0.05) is 72.4 Å². The lowest BCUT2D eigenvalue weighted by Gasteiger charge is -2.36. The fourth-order valence-electron chi connectivity index (χ4n) is 4.67. The van der Waals surface area contributed by atoms with Gasteiger partial charge in [-0.25, -0.2) is 4.98 Å². The number of thioether (sulfide) groups is 1. The highest BCUT2D eigenvalue weighted by molar-refractivity contribution is 8.01. The van der Waals surface area contributed by atoms with Gasteiger partial charge in [-0.15, -0.1) is 11.3 Å². The highest BCUT2D eigenvalue weighted by Crippen LogP contribution is 2.40. The summed E-state index contributed by atoms with van der Waals surface area (Å²) in [6, 6.07) is 27.5. The molecule has 0 radical (unpaired) electrons. The van der Waals surface area contributed by atoms with Crippen molar-refractivity contribution in [2.24, 2.45) is 0 Å². The quantitative estimate of drug-likeness (QED) is 0.193. The smallest absolute Gasteiger partial charge is 0.253 e. The Bertz CT molecular complexity index is 1560. The van der Waals surface area contributed by atoms with Gasteiger partial charge in [-0.05, 0) is 41.0 Å². The molecule has 9 heteroatoms. The number of aliphatic hydroxyl groups excluding tert-OH is 1. The summed E-state index contributed by atoms with van der Waals surface area (Å²) in [4.78, 5) is 21.2. The molecule has 0 saturated carbocycles. The number of hydrogen-bond donors (Lipinski definition) is 2. The van der Waals surface area contributed by atoms with Gasteiger partial charge in [0.2, 0.25) is 0 Å². The highest BCUT2D eigenvalue weighted by Gasteiger charge is 2.32. The number of fused-ring (bicyclic) bond motifs is 1. The molecule has 5 aromatic rings. The number of carbonyl (C=O) groups excluding carboxylic acids is 1. The van der Waals surface area contributed by atoms with E-state index in [9.17, 15) is 9.90 Å². The summed E-state index contributed by atoms with van der Waals surface area (Å²) < 4.78 is 15.2. The number of pyridine rings is 1. The van der Waals surface area contributed by atoms with E-state index in [0.717, 1.165) is 37.9 Å². The van der Waals surface area contributed by atoms with Crippen molar-refractivity contribution in [1.82, 2.24) is 15.3 Å². The van der Waals surface area contributed by atoms with Crippen LogP contribution in [-0.4, -0.2) is 32.8 Å². The average molecular weight is 584 g/mol. The molecule has 0 spiro atoms. The summed E-state index contributed by atoms with van der Waals surface area (Å²) in [5.41, 5.74) is 5.36. The van der Waals surface area contributed by atoms with Crippen molar-refractivity contribution in [2.45, 2.75) is 42.4 Å². The molecule has 2 N–H and O–H groups in total. The third kappa shape index (κ3) is 6.83. The molecule has 1 fully saturated rings. The van der Waals surface area contributed by atoms with Crippen molar-refractivity contribution in [3.8, 4) is 0 Å². The van der Waals surface area contributed by atoms with Gasteiger partial charge in [0.25, 0.3) is 5.91 Å². The van der Waals surface area contributed by atoms with E-state index >= 15 is 0 Å². The van der Waals surface area contributed by atoms with E-state index in [2.05, 4.69) is 16.4 Å². The maximum atomic E-state index is 12.4. The van der Waals surface area contributed by atoms with E-state index in [1.807, 2.05) is 66.7 Å². The Hall–Kier alpha value is -3.60. The molecule has 3 atom stereocenters. The van der Waals surface area contributed by atoms with E-state index in [0.29, 0.717) is 18.5 Å². The maximum Gasteiger partial charge on any atom is 0.253 e. The average Bonchev–Trinajstić information content (AvgIpc) is 3.46. The van der Waals surface area contributed by atoms with Gasteiger partial charge in [-0.2, -0.15) is 0 Å². The van der Waals surface area contributed by atoms with Gasteiger partial charge in [0.15, 0.2) is 10.6 Å². The van der Waals surface area contributed by atoms with Crippen molar-refractivity contribution in [1.29, 1.82) is 0 Å². The molecule has 7 nitrogen and oxygen atoms in total. The molecule has 208 valence electrons. The van der Waals surface area contributed by atoms with Crippen LogP contribution in [-0.2, 0) is 22.6 Å². The van der Waals surface area contributed by atoms with Crippen LogP contribution in [0.25, 0.3) is 10.2 Å². The van der Waals surface area contributed by atoms with E-state index in [1.165, 1.54) is 4.70 Å². The first-order valence-corrected chi connectivity index (χ1v) is 15.2. The highest BCUT2D eigenvalue weighted by atomic mass is 32.2. The normalized spacial score (nSPS) is 18.8. The van der Waals surface area contributed by atoms with Crippen LogP contribution < -0.4 is 5.32 Å². The minimum absolute atomic E-state index is 0.00795. The number of ether oxygens (including phenoxy) is 2. The summed E-state index contributed by atoms with van der Waals surface area (Å²) in [5, 5.41) is 12.4. The van der Waals surface area contributed by atoms with Gasteiger partial charge in [-0.3, -0.25) is 9.78 Å². The Morgan fingerprint density at radius 2 is 1.73 bits per heavy atom. The second-order valence-electron chi connectivity index (χ2n) is 9.77. The number of thiazole rings is 1. The van der Waals surface area contributed by atoms with Crippen molar-refractivity contribution in [3.05, 3.63) is 125 Å². The lowest BCUT2D eigenvalue weighted by Crippen LogP contribution is -2.31. The molecule has 3 unspecified atom stereocenters. The van der Waals surface area contributed by atoms with Crippen molar-refractivity contribution in [2.75, 3.05) is 5.75 Å². The zero-order valence-corrected chi connectivity index (χ0v) is 23.8. The molecular weight excluding hydrogens is 555 g/mol. The SMILES string of the molecule is O=C(NCc1ccc(C2OC(CSc3nc4ccccc4s3)CC(c3ccc(CO)cc3)O2)cc1)c1cccnc1. The lowest BCUT2D eigenvalue weighted by atomic mass is 10.0. The monoisotopic (exact) mass is 583 g/mol. The van der Waals surface area contributed by atoms with Crippen LogP contribution in [0.3, 0.4) is 0 Å². The van der Waals surface area contributed by atoms with Crippen molar-refractivity contribution < 1.29 is 19.4 Å². The predicted molar refractivity (Wildman–Crippen MR) is 161 cm³/mol. The van der Waals surface area contributed by atoms with Gasteiger partial charge in [0, 0.05) is 36.7 Å². The summed E-state index contributed by atoms with van der Waals surface area (Å²) in [6.07, 6.45) is 3.17. The van der Waals surface area contributed by atoms with Crippen molar-refractivity contribution >= 4 is 39.2 Å². The second-order valence-corrected chi connectivity index (χ2v) is 12.1. The lowest BCUT2D eigenvalue weighted by molar-refractivity contribution is -0.245. The minimum Gasteiger partial charge on any atom is -0.392 e. The molecule has 0 aliphatic carbocycles. The number of amides is 1. The number of nitrogens with zero attached hydrogens (tertiary/aromatic N) is 2. The van der Waals surface area contributed by atoms with Crippen molar-refractivity contribution in [3.63, 3.8) is 0 Å². The van der Waals surface area contributed by atoms with E-state index < -0.39 is 6.29 Å². The molecular formula is C32H29N3O4S2. The summed E-state index contributed by atoms with van der Waals surface area (Å²) in [6.45, 7) is 0.412. The minimum atomic E-state index is -0.536. The predicted octanol–water partition coefficient (Wildman–Crippen LogP) is 6.45. The number of para-hydroxylation sites is 1. The van der Waals surface area contributed by atoms with Crippen LogP contribution in [0.5, 0.6) is 0 Å². The number of rotatable bonds is 9. The molecule has 2 aromatic heterocycles. The second kappa shape index (κ2) is 12.9. The maximum absolute atomic E-state index is 12.4. The van der Waals surface area contributed by atoms with Crippen LogP contribution in [0, 0.1) is 0 Å². The number of nitrogens with one attached hydrogen (secondary N) is 1. The molecule has 1 saturated heterocycles. The van der Waals surface area contributed by atoms with E-state index in [1.54, 1.807) is 47.6 Å². The van der Waals surface area contributed by atoms with Gasteiger partial charge in [0.05, 0.1) is 34.6 Å². The van der Waals surface area contributed by atoms with E-state index in [-0.39, 0.29) is 24.7 Å². The first kappa shape index (κ1) is 27.6. The fourth-order valence-corrected chi connectivity index (χ4v) is 6.79. The zero-order chi connectivity index (χ0) is 28.0. The number of aliphatic hydroxyl groups is 1. The third-order valence-electron chi connectivity index (χ3n) is 6.91. The summed E-state index contributed by atoms with van der Waals surface area (Å²) in [5.74, 6) is 0.591. The zero-order valence-electron chi connectivity index (χ0n) is 22.2. The molecule has 1 aliphatic rings. The van der Waals surface area contributed by atoms with Crippen LogP contribution in [0.1, 0.15) is 51.4 Å². The Balaban J connectivity index is 1.15. The first-order valence-electron chi connectivity index (χ1n) is 13.4. The Morgan fingerprint density at radius 1 is 0.951 bits per heavy atom. The summed E-state index contributed by atoms with van der Waals surface area (Å²) >= 11 is 3.41. The first-order chi connectivity index (χ1) is 20.1. The number of hydrogen-bond acceptors (Lipinski definition) is 8. The Kier molecular flexibility index (Phi) is 8.69. The topological polar surface area (TPSA) is 93.6 Å². The Morgan fingerprint density at radius 3 is 2.49 bits per heavy atom. The van der Waals surface area contributed by atoms with Crippen LogP contribution in [0.15, 0.2) is 102 Å². The Labute approximate surface area is 246 Å². The standard InChI is InChI=1S/C32H29N3O4S2/c36-19-22-9-11-23(12-10-22)28-16-26(20-40-32-35-27-5-1-2-6-29(27)41-32)38-31(39-28)24-13-7-21(8-14-24)17-34-30(37)25-4-3-15-33-18-25/h1-15,18,26,28,31,36H,16-17,19-20H2,(H,34,37). The molecule has 6 rings (SSSR count). The van der Waals surface area contributed by atoms with Crippen LogP contribution >= 0.6 is 23.1 Å². The largest absolute Gasteiger partial charge is 0.392 e. The van der Waals surface area contributed by atoms with Crippen LogP contribution in [0.2, 0.25) is 0 Å². The molecule has 3 aromatic carbocycles. The fraction of sp³-hybridized carbons (Fsp3) is 0.219. The van der Waals surface area contributed by atoms with Gasteiger partial charge < -0.3 is 19.9 Å². The number of benzene rings is 3. The van der Waals surface area contributed by atoms with E-state index in [4.69, 9.17) is 14.5 Å². The van der Waals surface area contributed by atoms with Crippen LogP contribution in [0.4, 0.5) is 0 Å². The molecule has 3 heterocycles. The van der Waals surface area contributed by atoms with Gasteiger partial charge >= 0.3 is 0 Å². The summed E-state index contributed by atoms with van der Waals surface area (Å²) in [7, 11) is 0. The molecule has 0 bridgehead atoms. The number of aromatic nitrogens is 2.